The summed E-state index contributed by atoms with van der Waals surface area (Å²) in [5.74, 6) is 0.387. The molecule has 3 heterocycles. The minimum atomic E-state index is -0.308. The summed E-state index contributed by atoms with van der Waals surface area (Å²) in [5, 5.41) is 2.86. The third-order valence-corrected chi connectivity index (χ3v) is 5.46. The van der Waals surface area contributed by atoms with Gasteiger partial charge in [0.25, 0.3) is 5.89 Å². The number of oxazole rings is 1. The van der Waals surface area contributed by atoms with E-state index in [1.54, 1.807) is 6.92 Å². The molecule has 4 rings (SSSR count). The van der Waals surface area contributed by atoms with Crippen molar-refractivity contribution in [2.45, 2.75) is 32.5 Å². The average Bonchev–Trinajstić information content (AvgIpc) is 3.12. The van der Waals surface area contributed by atoms with E-state index in [2.05, 4.69) is 20.1 Å². The number of hydrogen-bond acceptors (Lipinski definition) is 6. The van der Waals surface area contributed by atoms with Crippen LogP contribution < -0.4 is 5.32 Å². The molecule has 2 aliphatic heterocycles. The van der Waals surface area contributed by atoms with Crippen molar-refractivity contribution in [1.82, 2.24) is 20.1 Å². The number of rotatable bonds is 5. The monoisotopic (exact) mass is 402 g/mol. The van der Waals surface area contributed by atoms with Crippen LogP contribution >= 0.6 is 0 Å². The molecule has 29 heavy (non-hydrogen) atoms. The van der Waals surface area contributed by atoms with E-state index in [0.29, 0.717) is 38.2 Å². The zero-order chi connectivity index (χ0) is 20.4. The first kappa shape index (κ1) is 20.0. The SMILES string of the molecule is Cc1cc(CN2CCc3oc(C(=O)NC[C@@H]4CN(C)CCO4)nc3C2)ccc1F. The van der Waals surface area contributed by atoms with Gasteiger partial charge in [0.2, 0.25) is 0 Å². The van der Waals surface area contributed by atoms with Gasteiger partial charge in [-0.25, -0.2) is 9.37 Å². The summed E-state index contributed by atoms with van der Waals surface area (Å²) in [5.41, 5.74) is 2.51. The van der Waals surface area contributed by atoms with Crippen molar-refractivity contribution < 1.29 is 18.3 Å². The van der Waals surface area contributed by atoms with E-state index in [1.807, 2.05) is 19.2 Å². The molecule has 2 aromatic rings. The summed E-state index contributed by atoms with van der Waals surface area (Å²) in [7, 11) is 2.04. The van der Waals surface area contributed by atoms with Crippen molar-refractivity contribution in [3.8, 4) is 0 Å². The first-order valence-electron chi connectivity index (χ1n) is 10.0. The van der Waals surface area contributed by atoms with E-state index in [1.165, 1.54) is 6.07 Å². The van der Waals surface area contributed by atoms with Crippen molar-refractivity contribution in [1.29, 1.82) is 0 Å². The van der Waals surface area contributed by atoms with E-state index < -0.39 is 0 Å². The second-order valence-corrected chi connectivity index (χ2v) is 7.90. The molecule has 2 aliphatic rings. The molecular weight excluding hydrogens is 375 g/mol. The van der Waals surface area contributed by atoms with Crippen LogP contribution in [0.3, 0.4) is 0 Å². The Hall–Kier alpha value is -2.29. The Morgan fingerprint density at radius 2 is 2.24 bits per heavy atom. The third kappa shape index (κ3) is 4.83. The number of benzene rings is 1. The van der Waals surface area contributed by atoms with Gasteiger partial charge in [-0.2, -0.15) is 0 Å². The number of aromatic nitrogens is 1. The van der Waals surface area contributed by atoms with Gasteiger partial charge in [0, 0.05) is 45.7 Å². The second kappa shape index (κ2) is 8.61. The van der Waals surface area contributed by atoms with Crippen LogP contribution in [0.1, 0.15) is 33.3 Å². The Balaban J connectivity index is 1.34. The molecule has 1 aromatic carbocycles. The average molecular weight is 402 g/mol. The largest absolute Gasteiger partial charge is 0.437 e. The van der Waals surface area contributed by atoms with Gasteiger partial charge < -0.3 is 19.4 Å². The molecular formula is C21H27FN4O3. The highest BCUT2D eigenvalue weighted by atomic mass is 19.1. The van der Waals surface area contributed by atoms with Crippen LogP contribution in [0.15, 0.2) is 22.6 Å². The summed E-state index contributed by atoms with van der Waals surface area (Å²) < 4.78 is 24.8. The van der Waals surface area contributed by atoms with Gasteiger partial charge in [-0.15, -0.1) is 0 Å². The third-order valence-electron chi connectivity index (χ3n) is 5.46. The normalized spacial score (nSPS) is 20.4. The molecule has 1 saturated heterocycles. The van der Waals surface area contributed by atoms with Crippen molar-refractivity contribution in [3.05, 3.63) is 52.5 Å². The highest BCUT2D eigenvalue weighted by Gasteiger charge is 2.26. The van der Waals surface area contributed by atoms with Crippen LogP contribution in [-0.4, -0.2) is 66.6 Å². The van der Waals surface area contributed by atoms with Gasteiger partial charge in [0.1, 0.15) is 11.6 Å². The maximum absolute atomic E-state index is 13.5. The fourth-order valence-electron chi connectivity index (χ4n) is 3.82. The lowest BCUT2D eigenvalue weighted by Crippen LogP contribution is -2.45. The zero-order valence-electron chi connectivity index (χ0n) is 16.9. The molecule has 1 aromatic heterocycles. The maximum atomic E-state index is 13.5. The molecule has 156 valence electrons. The molecule has 7 nitrogen and oxygen atoms in total. The molecule has 0 saturated carbocycles. The number of nitrogens with one attached hydrogen (secondary N) is 1. The summed E-state index contributed by atoms with van der Waals surface area (Å²) in [6.07, 6.45) is 0.684. The van der Waals surface area contributed by atoms with Crippen molar-refractivity contribution in [2.75, 3.05) is 39.8 Å². The Labute approximate surface area is 169 Å². The molecule has 1 atom stereocenters. The molecule has 0 radical (unpaired) electrons. The number of morpholine rings is 1. The summed E-state index contributed by atoms with van der Waals surface area (Å²) in [6, 6.07) is 5.19. The van der Waals surface area contributed by atoms with Gasteiger partial charge in [-0.1, -0.05) is 12.1 Å². The lowest BCUT2D eigenvalue weighted by molar-refractivity contribution is -0.0176. The van der Waals surface area contributed by atoms with Crippen LogP contribution in [-0.2, 0) is 24.2 Å². The van der Waals surface area contributed by atoms with Gasteiger partial charge in [-0.3, -0.25) is 9.69 Å². The molecule has 0 bridgehead atoms. The van der Waals surface area contributed by atoms with E-state index >= 15 is 0 Å². The summed E-state index contributed by atoms with van der Waals surface area (Å²) in [6.45, 7) is 6.71. The van der Waals surface area contributed by atoms with Gasteiger partial charge in [0.05, 0.1) is 18.4 Å². The molecule has 8 heteroatoms. The number of halogens is 1. The van der Waals surface area contributed by atoms with Gasteiger partial charge >= 0.3 is 5.91 Å². The van der Waals surface area contributed by atoms with E-state index in [4.69, 9.17) is 9.15 Å². The Bertz CT molecular complexity index is 885. The number of likely N-dealkylation sites (N-methyl/N-ethyl adjacent to an activating group) is 1. The van der Waals surface area contributed by atoms with Crippen LogP contribution in [0.4, 0.5) is 4.39 Å². The first-order valence-corrected chi connectivity index (χ1v) is 10.0. The minimum Gasteiger partial charge on any atom is -0.437 e. The fourth-order valence-corrected chi connectivity index (χ4v) is 3.82. The van der Waals surface area contributed by atoms with Crippen LogP contribution in [0.5, 0.6) is 0 Å². The molecule has 0 unspecified atom stereocenters. The number of amides is 1. The van der Waals surface area contributed by atoms with Crippen LogP contribution in [0, 0.1) is 12.7 Å². The van der Waals surface area contributed by atoms with Gasteiger partial charge in [-0.05, 0) is 31.2 Å². The number of ether oxygens (including phenoxy) is 1. The predicted octanol–water partition coefficient (Wildman–Crippen LogP) is 1.74. The number of nitrogens with zero attached hydrogens (tertiary/aromatic N) is 3. The van der Waals surface area contributed by atoms with Crippen molar-refractivity contribution in [3.63, 3.8) is 0 Å². The second-order valence-electron chi connectivity index (χ2n) is 7.90. The molecule has 1 fully saturated rings. The standard InChI is InChI=1S/C21H27FN4O3/c1-14-9-15(3-4-17(14)22)11-26-6-5-19-18(13-26)24-21(29-19)20(27)23-10-16-12-25(2)7-8-28-16/h3-4,9,16H,5-8,10-13H2,1-2H3,(H,23,27)/t16-/m1/s1. The fraction of sp³-hybridized carbons (Fsp3) is 0.524. The topological polar surface area (TPSA) is 70.8 Å². The molecule has 0 aliphatic carbocycles. The number of carbonyl (C=O) groups excluding carboxylic acids is 1. The highest BCUT2D eigenvalue weighted by molar-refractivity contribution is 5.89. The quantitative estimate of drug-likeness (QED) is 0.822. The van der Waals surface area contributed by atoms with E-state index in [0.717, 1.165) is 36.7 Å². The predicted molar refractivity (Wildman–Crippen MR) is 105 cm³/mol. The zero-order valence-corrected chi connectivity index (χ0v) is 16.9. The molecule has 1 N–H and O–H groups in total. The van der Waals surface area contributed by atoms with Crippen LogP contribution in [0.2, 0.25) is 0 Å². The van der Waals surface area contributed by atoms with Crippen molar-refractivity contribution in [2.24, 2.45) is 0 Å². The first-order chi connectivity index (χ1) is 14.0. The molecule has 0 spiro atoms. The highest BCUT2D eigenvalue weighted by Crippen LogP contribution is 2.22. The summed E-state index contributed by atoms with van der Waals surface area (Å²) in [4.78, 5) is 21.3. The number of fused-ring (bicyclic) bond motifs is 1. The Morgan fingerprint density at radius 3 is 3.03 bits per heavy atom. The minimum absolute atomic E-state index is 0.0167. The van der Waals surface area contributed by atoms with E-state index in [9.17, 15) is 9.18 Å². The molecule has 1 amide bonds. The van der Waals surface area contributed by atoms with Crippen LogP contribution in [0.25, 0.3) is 0 Å². The Kier molecular flexibility index (Phi) is 5.94. The van der Waals surface area contributed by atoms with Gasteiger partial charge in [0.15, 0.2) is 0 Å². The smallest absolute Gasteiger partial charge is 0.307 e. The summed E-state index contributed by atoms with van der Waals surface area (Å²) >= 11 is 0. The van der Waals surface area contributed by atoms with Crippen molar-refractivity contribution >= 4 is 5.91 Å². The Morgan fingerprint density at radius 1 is 1.38 bits per heavy atom. The lowest BCUT2D eigenvalue weighted by atomic mass is 10.1. The lowest BCUT2D eigenvalue weighted by Gasteiger charge is -2.29. The maximum Gasteiger partial charge on any atom is 0.307 e. The number of carbonyl (C=O) groups is 1. The number of hydrogen-bond donors (Lipinski definition) is 1. The van der Waals surface area contributed by atoms with E-state index in [-0.39, 0.29) is 23.7 Å². The number of aryl methyl sites for hydroxylation is 1.